The minimum absolute atomic E-state index is 0.0390. The van der Waals surface area contributed by atoms with Crippen molar-refractivity contribution in [3.63, 3.8) is 0 Å². The summed E-state index contributed by atoms with van der Waals surface area (Å²) in [6.45, 7) is 1.72. The molecule has 0 atom stereocenters. The number of nitrogens with two attached hydrogens (primary N) is 1. The van der Waals surface area contributed by atoms with Crippen molar-refractivity contribution in [3.8, 4) is 0 Å². The van der Waals surface area contributed by atoms with Crippen molar-refractivity contribution in [1.29, 1.82) is 0 Å². The van der Waals surface area contributed by atoms with Crippen LogP contribution in [0, 0.1) is 5.41 Å². The second kappa shape index (κ2) is 7.36. The lowest BCUT2D eigenvalue weighted by Gasteiger charge is -2.30. The molecule has 0 aromatic heterocycles. The highest BCUT2D eigenvalue weighted by molar-refractivity contribution is 7.91. The van der Waals surface area contributed by atoms with Crippen LogP contribution in [0.2, 0.25) is 0 Å². The second-order valence-corrected chi connectivity index (χ2v) is 8.27. The molecule has 0 heterocycles. The number of carbonyl (C=O) groups is 1. The first-order valence-electron chi connectivity index (χ1n) is 7.13. The molecule has 0 bridgehead atoms. The number of carbonyl (C=O) groups excluding carboxylic acids is 1. The number of thiocarbonyl (C=S) groups is 1. The molecule has 20 heavy (non-hydrogen) atoms. The van der Waals surface area contributed by atoms with Gasteiger partial charge in [-0.25, -0.2) is 8.42 Å². The van der Waals surface area contributed by atoms with Crippen molar-refractivity contribution in [1.82, 2.24) is 5.32 Å². The lowest BCUT2D eigenvalue weighted by Crippen LogP contribution is -2.49. The molecule has 1 rings (SSSR count). The van der Waals surface area contributed by atoms with E-state index in [4.69, 9.17) is 18.0 Å². The molecule has 1 fully saturated rings. The first-order valence-corrected chi connectivity index (χ1v) is 9.35. The van der Waals surface area contributed by atoms with E-state index in [2.05, 4.69) is 5.32 Å². The van der Waals surface area contributed by atoms with Crippen molar-refractivity contribution in [2.45, 2.75) is 45.4 Å². The van der Waals surface area contributed by atoms with Crippen LogP contribution >= 0.6 is 12.2 Å². The van der Waals surface area contributed by atoms with E-state index >= 15 is 0 Å². The van der Waals surface area contributed by atoms with Crippen LogP contribution < -0.4 is 11.1 Å². The third-order valence-corrected chi connectivity index (χ3v) is 6.10. The number of amides is 1. The van der Waals surface area contributed by atoms with Gasteiger partial charge in [0.15, 0.2) is 9.84 Å². The number of hydrogen-bond donors (Lipinski definition) is 2. The molecule has 0 spiro atoms. The minimum atomic E-state index is -3.07. The zero-order valence-corrected chi connectivity index (χ0v) is 13.6. The van der Waals surface area contributed by atoms with E-state index in [0.717, 1.165) is 25.7 Å². The predicted molar refractivity (Wildman–Crippen MR) is 84.3 cm³/mol. The Morgan fingerprint density at radius 2 is 1.80 bits per heavy atom. The van der Waals surface area contributed by atoms with Gasteiger partial charge in [0.05, 0.1) is 16.2 Å². The van der Waals surface area contributed by atoms with Crippen molar-refractivity contribution in [2.24, 2.45) is 11.1 Å². The summed E-state index contributed by atoms with van der Waals surface area (Å²) in [5, 5.41) is 2.71. The Morgan fingerprint density at radius 1 is 1.25 bits per heavy atom. The minimum Gasteiger partial charge on any atom is -0.392 e. The average Bonchev–Trinajstić information content (AvgIpc) is 2.65. The molecule has 1 aliphatic rings. The molecule has 5 nitrogen and oxygen atoms in total. The van der Waals surface area contributed by atoms with E-state index in [9.17, 15) is 13.2 Å². The molecule has 1 aliphatic carbocycles. The summed E-state index contributed by atoms with van der Waals surface area (Å²) in [4.78, 5) is 12.6. The largest absolute Gasteiger partial charge is 0.392 e. The quantitative estimate of drug-likeness (QED) is 0.566. The van der Waals surface area contributed by atoms with Gasteiger partial charge in [-0.3, -0.25) is 4.79 Å². The van der Waals surface area contributed by atoms with Crippen molar-refractivity contribution in [2.75, 3.05) is 18.1 Å². The third kappa shape index (κ3) is 4.41. The van der Waals surface area contributed by atoms with Crippen molar-refractivity contribution < 1.29 is 13.2 Å². The number of nitrogens with one attached hydrogen (secondary N) is 1. The molecular formula is C13H24N2O3S2. The Morgan fingerprint density at radius 3 is 2.25 bits per heavy atom. The smallest absolute Gasteiger partial charge is 0.233 e. The Hall–Kier alpha value is -0.690. The second-order valence-electron chi connectivity index (χ2n) is 5.35. The fraction of sp³-hybridized carbons (Fsp3) is 0.846. The molecule has 3 N–H and O–H groups in total. The van der Waals surface area contributed by atoms with E-state index < -0.39 is 15.3 Å². The van der Waals surface area contributed by atoms with Crippen LogP contribution in [0.4, 0.5) is 0 Å². The predicted octanol–water partition coefficient (Wildman–Crippen LogP) is 1.16. The zero-order chi connectivity index (χ0) is 15.2. The van der Waals surface area contributed by atoms with Crippen LogP contribution in [0.15, 0.2) is 0 Å². The van der Waals surface area contributed by atoms with E-state index in [1.165, 1.54) is 0 Å². The number of hydrogen-bond acceptors (Lipinski definition) is 4. The molecule has 7 heteroatoms. The lowest BCUT2D eigenvalue weighted by molar-refractivity contribution is -0.127. The summed E-state index contributed by atoms with van der Waals surface area (Å²) >= 11 is 5.11. The molecule has 0 aliphatic heterocycles. The number of sulfone groups is 1. The molecule has 1 amide bonds. The summed E-state index contributed by atoms with van der Waals surface area (Å²) in [7, 11) is -3.07. The van der Waals surface area contributed by atoms with E-state index in [-0.39, 0.29) is 28.9 Å². The normalized spacial score (nSPS) is 19.1. The van der Waals surface area contributed by atoms with Gasteiger partial charge in [-0.05, 0) is 12.8 Å². The summed E-state index contributed by atoms with van der Waals surface area (Å²) in [5.41, 5.74) is 5.02. The van der Waals surface area contributed by atoms with Gasteiger partial charge < -0.3 is 11.1 Å². The van der Waals surface area contributed by atoms with E-state index in [1.807, 2.05) is 0 Å². The van der Waals surface area contributed by atoms with Crippen molar-refractivity contribution in [3.05, 3.63) is 0 Å². The molecule has 0 radical (unpaired) electrons. The fourth-order valence-corrected chi connectivity index (χ4v) is 3.55. The molecule has 1 saturated carbocycles. The Labute approximate surface area is 126 Å². The van der Waals surface area contributed by atoms with Crippen LogP contribution in [0.25, 0.3) is 0 Å². The van der Waals surface area contributed by atoms with Gasteiger partial charge in [-0.1, -0.05) is 44.8 Å². The summed E-state index contributed by atoms with van der Waals surface area (Å²) < 4.78 is 22.8. The molecule has 0 aromatic rings. The van der Waals surface area contributed by atoms with Gasteiger partial charge in [-0.2, -0.15) is 0 Å². The van der Waals surface area contributed by atoms with Crippen LogP contribution in [0.5, 0.6) is 0 Å². The zero-order valence-electron chi connectivity index (χ0n) is 12.0. The van der Waals surface area contributed by atoms with Gasteiger partial charge in [0.1, 0.15) is 0 Å². The molecule has 116 valence electrons. The standard InChI is InChI=1S/C13H24N2O3S2/c1-2-20(17,18)10-9-15-12(16)13(11(14)19)7-5-3-4-6-8-13/h2-10H2,1H3,(H2,14,19)(H,15,16). The van der Waals surface area contributed by atoms with Crippen LogP contribution in [-0.2, 0) is 14.6 Å². The molecule has 0 saturated heterocycles. The SMILES string of the molecule is CCS(=O)(=O)CCNC(=O)C1(C(N)=S)CCCCCC1. The Balaban J connectivity index is 2.68. The van der Waals surface area contributed by atoms with E-state index in [0.29, 0.717) is 12.8 Å². The highest BCUT2D eigenvalue weighted by atomic mass is 32.2. The average molecular weight is 320 g/mol. The number of rotatable bonds is 6. The first-order chi connectivity index (χ1) is 9.34. The summed E-state index contributed by atoms with van der Waals surface area (Å²) in [6.07, 6.45) is 5.35. The van der Waals surface area contributed by atoms with Gasteiger partial charge in [0.25, 0.3) is 0 Å². The monoisotopic (exact) mass is 320 g/mol. The van der Waals surface area contributed by atoms with Crippen LogP contribution in [-0.4, -0.2) is 37.4 Å². The van der Waals surface area contributed by atoms with E-state index in [1.54, 1.807) is 6.92 Å². The van der Waals surface area contributed by atoms with Crippen LogP contribution in [0.3, 0.4) is 0 Å². The molecular weight excluding hydrogens is 296 g/mol. The molecule has 0 aromatic carbocycles. The maximum atomic E-state index is 12.4. The van der Waals surface area contributed by atoms with Crippen molar-refractivity contribution >= 4 is 33.0 Å². The first kappa shape index (κ1) is 17.4. The lowest BCUT2D eigenvalue weighted by atomic mass is 9.79. The van der Waals surface area contributed by atoms with Crippen LogP contribution in [0.1, 0.15) is 45.4 Å². The van der Waals surface area contributed by atoms with Gasteiger partial charge in [0.2, 0.25) is 5.91 Å². The highest BCUT2D eigenvalue weighted by Gasteiger charge is 2.41. The fourth-order valence-electron chi connectivity index (χ4n) is 2.55. The topological polar surface area (TPSA) is 89.3 Å². The van der Waals surface area contributed by atoms with Gasteiger partial charge >= 0.3 is 0 Å². The Bertz CT molecular complexity index is 452. The highest BCUT2D eigenvalue weighted by Crippen LogP contribution is 2.35. The Kier molecular flexibility index (Phi) is 6.39. The van der Waals surface area contributed by atoms with Gasteiger partial charge in [0, 0.05) is 12.3 Å². The van der Waals surface area contributed by atoms with Gasteiger partial charge in [-0.15, -0.1) is 0 Å². The maximum Gasteiger partial charge on any atom is 0.233 e. The summed E-state index contributed by atoms with van der Waals surface area (Å²) in [5.74, 6) is -0.162. The maximum absolute atomic E-state index is 12.4. The summed E-state index contributed by atoms with van der Waals surface area (Å²) in [6, 6.07) is 0. The molecule has 0 unspecified atom stereocenters. The third-order valence-electron chi connectivity index (χ3n) is 4.00.